The van der Waals surface area contributed by atoms with Gasteiger partial charge in [0.05, 0.1) is 24.5 Å². The van der Waals surface area contributed by atoms with E-state index in [1.54, 1.807) is 0 Å². The van der Waals surface area contributed by atoms with Gasteiger partial charge < -0.3 is 14.5 Å². The third-order valence-electron chi connectivity index (χ3n) is 5.68. The quantitative estimate of drug-likeness (QED) is 0.533. The number of rotatable bonds is 7. The number of benzene rings is 2. The number of para-hydroxylation sites is 1. The van der Waals surface area contributed by atoms with Crippen LogP contribution < -0.4 is 15.0 Å². The molecule has 0 saturated carbocycles. The Bertz CT molecular complexity index is 1210. The van der Waals surface area contributed by atoms with Crippen molar-refractivity contribution in [2.45, 2.75) is 39.5 Å². The summed E-state index contributed by atoms with van der Waals surface area (Å²) in [5.74, 6) is 1.66. The Labute approximate surface area is 195 Å². The van der Waals surface area contributed by atoms with Crippen molar-refractivity contribution in [1.82, 2.24) is 14.9 Å². The number of fused-ring (bicyclic) bond motifs is 1. The fourth-order valence-electron chi connectivity index (χ4n) is 4.09. The summed E-state index contributed by atoms with van der Waals surface area (Å²) >= 11 is 0. The lowest BCUT2D eigenvalue weighted by Gasteiger charge is -2.28. The maximum Gasteiger partial charge on any atom is 0.416 e. The molecule has 0 atom stereocenters. The van der Waals surface area contributed by atoms with Crippen molar-refractivity contribution in [2.24, 2.45) is 0 Å². The Kier molecular flexibility index (Phi) is 6.92. The van der Waals surface area contributed by atoms with Crippen LogP contribution in [0.1, 0.15) is 36.2 Å². The van der Waals surface area contributed by atoms with E-state index in [2.05, 4.69) is 14.9 Å². The zero-order chi connectivity index (χ0) is 24.3. The zero-order valence-electron chi connectivity index (χ0n) is 19.0. The van der Waals surface area contributed by atoms with Gasteiger partial charge in [-0.05, 0) is 38.5 Å². The van der Waals surface area contributed by atoms with E-state index in [0.29, 0.717) is 67.6 Å². The van der Waals surface area contributed by atoms with E-state index in [0.717, 1.165) is 17.7 Å². The van der Waals surface area contributed by atoms with Crippen molar-refractivity contribution >= 4 is 0 Å². The molecule has 2 heterocycles. The van der Waals surface area contributed by atoms with Crippen molar-refractivity contribution in [2.75, 3.05) is 19.8 Å². The van der Waals surface area contributed by atoms with E-state index in [1.807, 2.05) is 32.0 Å². The zero-order valence-corrected chi connectivity index (χ0v) is 19.0. The van der Waals surface area contributed by atoms with E-state index in [9.17, 15) is 18.0 Å². The number of halogens is 3. The molecule has 180 valence electrons. The predicted molar refractivity (Wildman–Crippen MR) is 122 cm³/mol. The number of hydrogen-bond donors (Lipinski definition) is 1. The molecule has 34 heavy (non-hydrogen) atoms. The van der Waals surface area contributed by atoms with Crippen LogP contribution in [0.2, 0.25) is 0 Å². The molecule has 6 nitrogen and oxygen atoms in total. The summed E-state index contributed by atoms with van der Waals surface area (Å²) in [6.07, 6.45) is -3.89. The molecule has 1 aromatic heterocycles. The van der Waals surface area contributed by atoms with Gasteiger partial charge in [0.25, 0.3) is 5.56 Å². The van der Waals surface area contributed by atoms with Crippen molar-refractivity contribution in [3.8, 4) is 22.9 Å². The van der Waals surface area contributed by atoms with Crippen molar-refractivity contribution in [3.63, 3.8) is 0 Å². The van der Waals surface area contributed by atoms with Crippen LogP contribution in [0.3, 0.4) is 0 Å². The maximum absolute atomic E-state index is 12.9. The van der Waals surface area contributed by atoms with E-state index in [-0.39, 0.29) is 11.4 Å². The van der Waals surface area contributed by atoms with Crippen molar-refractivity contribution in [1.29, 1.82) is 0 Å². The molecule has 4 rings (SSSR count). The van der Waals surface area contributed by atoms with Crippen molar-refractivity contribution < 1.29 is 22.6 Å². The molecular formula is C25H26F3N3O3. The van der Waals surface area contributed by atoms with Gasteiger partial charge in [0, 0.05) is 36.3 Å². The van der Waals surface area contributed by atoms with Gasteiger partial charge in [0.1, 0.15) is 5.82 Å². The molecule has 9 heteroatoms. The Morgan fingerprint density at radius 1 is 1.06 bits per heavy atom. The summed E-state index contributed by atoms with van der Waals surface area (Å²) in [5.41, 5.74) is 1.64. The average Bonchev–Trinajstić information content (AvgIpc) is 2.80. The maximum atomic E-state index is 12.9. The highest BCUT2D eigenvalue weighted by Gasteiger charge is 2.30. The van der Waals surface area contributed by atoms with Crippen LogP contribution in [0, 0.1) is 0 Å². The first kappa shape index (κ1) is 23.8. The molecule has 1 aliphatic heterocycles. The second-order valence-corrected chi connectivity index (χ2v) is 7.99. The number of nitrogens with zero attached hydrogens (tertiary/aromatic N) is 2. The number of aromatic amines is 1. The summed E-state index contributed by atoms with van der Waals surface area (Å²) in [4.78, 5) is 22.2. The standard InChI is InChI=1S/C25H26F3N3O3/c1-3-33-21-7-5-6-17(22(21)34-4-2)14-31-13-12-19-20(15-31)29-23(30-24(19)32)16-8-10-18(11-9-16)25(26,27)28/h5-11H,3-4,12-15H2,1-2H3,(H,29,30,32). The minimum atomic E-state index is -4.42. The van der Waals surface area contributed by atoms with E-state index in [1.165, 1.54) is 12.1 Å². The second-order valence-electron chi connectivity index (χ2n) is 7.99. The van der Waals surface area contributed by atoms with Crippen LogP contribution in [0.5, 0.6) is 11.5 Å². The summed E-state index contributed by atoms with van der Waals surface area (Å²) in [5, 5.41) is 0. The second kappa shape index (κ2) is 9.89. The minimum Gasteiger partial charge on any atom is -0.490 e. The van der Waals surface area contributed by atoms with Gasteiger partial charge in [-0.3, -0.25) is 9.69 Å². The number of aromatic nitrogens is 2. The molecule has 2 aromatic carbocycles. The van der Waals surface area contributed by atoms with Crippen LogP contribution in [0.15, 0.2) is 47.3 Å². The molecule has 0 spiro atoms. The highest BCUT2D eigenvalue weighted by atomic mass is 19.4. The fraction of sp³-hybridized carbons (Fsp3) is 0.360. The molecule has 0 saturated heterocycles. The molecule has 0 unspecified atom stereocenters. The van der Waals surface area contributed by atoms with Crippen LogP contribution in [0.25, 0.3) is 11.4 Å². The molecule has 0 fully saturated rings. The molecule has 0 aliphatic carbocycles. The molecule has 0 radical (unpaired) electrons. The number of ether oxygens (including phenoxy) is 2. The summed E-state index contributed by atoms with van der Waals surface area (Å²) in [6.45, 7) is 6.57. The summed E-state index contributed by atoms with van der Waals surface area (Å²) < 4.78 is 50.2. The number of nitrogens with one attached hydrogen (secondary N) is 1. The Morgan fingerprint density at radius 3 is 2.47 bits per heavy atom. The lowest BCUT2D eigenvalue weighted by molar-refractivity contribution is -0.137. The van der Waals surface area contributed by atoms with Gasteiger partial charge >= 0.3 is 6.18 Å². The van der Waals surface area contributed by atoms with Crippen LogP contribution in [0.4, 0.5) is 13.2 Å². The van der Waals surface area contributed by atoms with Crippen LogP contribution >= 0.6 is 0 Å². The van der Waals surface area contributed by atoms with Crippen LogP contribution in [-0.2, 0) is 25.7 Å². The monoisotopic (exact) mass is 473 g/mol. The molecule has 1 aliphatic rings. The van der Waals surface area contributed by atoms with Gasteiger partial charge in [-0.15, -0.1) is 0 Å². The average molecular weight is 473 g/mol. The highest BCUT2D eigenvalue weighted by molar-refractivity contribution is 5.56. The molecule has 0 amide bonds. The molecule has 1 N–H and O–H groups in total. The number of H-pyrrole nitrogens is 1. The highest BCUT2D eigenvalue weighted by Crippen LogP contribution is 2.33. The lowest BCUT2D eigenvalue weighted by Crippen LogP contribution is -2.35. The summed E-state index contributed by atoms with van der Waals surface area (Å²) in [6, 6.07) is 10.4. The minimum absolute atomic E-state index is 0.257. The molecule has 0 bridgehead atoms. The van der Waals surface area contributed by atoms with Crippen molar-refractivity contribution in [3.05, 3.63) is 75.2 Å². The predicted octanol–water partition coefficient (Wildman–Crippen LogP) is 4.81. The largest absolute Gasteiger partial charge is 0.490 e. The molecule has 3 aromatic rings. The SMILES string of the molecule is CCOc1cccc(CN2CCc3c(nc(-c4ccc(C(F)(F)F)cc4)[nH]c3=O)C2)c1OCC. The van der Waals surface area contributed by atoms with Crippen LogP contribution in [-0.4, -0.2) is 34.6 Å². The normalized spacial score (nSPS) is 14.0. The Morgan fingerprint density at radius 2 is 1.79 bits per heavy atom. The third-order valence-corrected chi connectivity index (χ3v) is 5.68. The van der Waals surface area contributed by atoms with E-state index < -0.39 is 11.7 Å². The third kappa shape index (κ3) is 5.09. The van der Waals surface area contributed by atoms with Gasteiger partial charge in [-0.25, -0.2) is 4.98 Å². The first-order chi connectivity index (χ1) is 16.3. The van der Waals surface area contributed by atoms with E-state index in [4.69, 9.17) is 9.47 Å². The van der Waals surface area contributed by atoms with Gasteiger partial charge in [0.15, 0.2) is 11.5 Å². The van der Waals surface area contributed by atoms with Gasteiger partial charge in [-0.2, -0.15) is 13.2 Å². The summed E-state index contributed by atoms with van der Waals surface area (Å²) in [7, 11) is 0. The first-order valence-electron chi connectivity index (χ1n) is 11.2. The fourth-order valence-corrected chi connectivity index (χ4v) is 4.09. The Hall–Kier alpha value is -3.33. The number of hydrogen-bond acceptors (Lipinski definition) is 5. The lowest BCUT2D eigenvalue weighted by atomic mass is 10.0. The molecular weight excluding hydrogens is 447 g/mol. The van der Waals surface area contributed by atoms with Gasteiger partial charge in [-0.1, -0.05) is 24.3 Å². The van der Waals surface area contributed by atoms with Gasteiger partial charge in [0.2, 0.25) is 0 Å². The Balaban J connectivity index is 1.59. The van der Waals surface area contributed by atoms with E-state index >= 15 is 0 Å². The first-order valence-corrected chi connectivity index (χ1v) is 11.2. The topological polar surface area (TPSA) is 67.5 Å². The number of alkyl halides is 3. The smallest absolute Gasteiger partial charge is 0.416 e.